The van der Waals surface area contributed by atoms with Gasteiger partial charge in [-0.2, -0.15) is 0 Å². The summed E-state index contributed by atoms with van der Waals surface area (Å²) in [5, 5.41) is 19.7. The van der Waals surface area contributed by atoms with Crippen LogP contribution in [0.5, 0.6) is 0 Å². The van der Waals surface area contributed by atoms with E-state index >= 15 is 0 Å². The van der Waals surface area contributed by atoms with Crippen LogP contribution in [-0.4, -0.2) is 47.6 Å². The Hall–Kier alpha value is -2.70. The van der Waals surface area contributed by atoms with Crippen LogP contribution in [0.2, 0.25) is 0 Å². The average Bonchev–Trinajstić information content (AvgIpc) is 3.15. The van der Waals surface area contributed by atoms with Gasteiger partial charge >= 0.3 is 11.9 Å². The number of carbonyl (C=O) groups is 2. The fourth-order valence-electron chi connectivity index (χ4n) is 5.58. The van der Waals surface area contributed by atoms with E-state index < -0.39 is 24.8 Å². The van der Waals surface area contributed by atoms with Crippen molar-refractivity contribution >= 4 is 11.9 Å². The molecule has 0 aliphatic heterocycles. The number of hydrogen-bond donors (Lipinski definition) is 2. The molecule has 0 radical (unpaired) electrons. The van der Waals surface area contributed by atoms with E-state index in [1.165, 1.54) is 83.5 Å². The monoisotopic (exact) mass is 727 g/mol. The molecule has 0 aliphatic carbocycles. The van der Waals surface area contributed by atoms with Gasteiger partial charge in [-0.05, 0) is 50.9 Å². The first kappa shape index (κ1) is 49.3. The predicted octanol–water partition coefficient (Wildman–Crippen LogP) is 12.2. The quantitative estimate of drug-likeness (QED) is 0.0289. The van der Waals surface area contributed by atoms with Gasteiger partial charge in [0, 0.05) is 12.8 Å². The molecule has 2 N–H and O–H groups in total. The SMILES string of the molecule is CC/C=C\C/C=C\C/C=C\C/C=C\C/C=C\C=C/C(O)CCC(=O)O[C@@H](CO)COC(=O)CCCCCCCCCCCCCCCCC(C)CC. The van der Waals surface area contributed by atoms with Gasteiger partial charge in [-0.15, -0.1) is 0 Å². The van der Waals surface area contributed by atoms with Crippen LogP contribution in [-0.2, 0) is 19.1 Å². The number of hydrogen-bond acceptors (Lipinski definition) is 6. The van der Waals surface area contributed by atoms with E-state index in [-0.39, 0.29) is 25.4 Å². The van der Waals surface area contributed by atoms with Gasteiger partial charge in [-0.1, -0.05) is 190 Å². The lowest BCUT2D eigenvalue weighted by Crippen LogP contribution is -2.28. The van der Waals surface area contributed by atoms with Gasteiger partial charge in [0.2, 0.25) is 0 Å². The molecule has 0 fully saturated rings. The van der Waals surface area contributed by atoms with Gasteiger partial charge in [0.25, 0.3) is 0 Å². The number of aliphatic hydroxyl groups is 2. The van der Waals surface area contributed by atoms with Crippen molar-refractivity contribution in [2.24, 2.45) is 5.92 Å². The first-order valence-corrected chi connectivity index (χ1v) is 21.0. The lowest BCUT2D eigenvalue weighted by molar-refractivity contribution is -0.161. The first-order valence-electron chi connectivity index (χ1n) is 21.0. The lowest BCUT2D eigenvalue weighted by atomic mass is 9.99. The van der Waals surface area contributed by atoms with Gasteiger partial charge in [-0.25, -0.2) is 0 Å². The molecule has 0 rings (SSSR count). The second kappa shape index (κ2) is 39.5. The smallest absolute Gasteiger partial charge is 0.306 e. The van der Waals surface area contributed by atoms with E-state index in [1.807, 2.05) is 12.2 Å². The summed E-state index contributed by atoms with van der Waals surface area (Å²) < 4.78 is 10.5. The molecule has 2 unspecified atom stereocenters. The van der Waals surface area contributed by atoms with Crippen molar-refractivity contribution in [2.75, 3.05) is 13.2 Å². The Balaban J connectivity index is 3.78. The summed E-state index contributed by atoms with van der Waals surface area (Å²) in [6.45, 7) is 6.20. The average molecular weight is 727 g/mol. The molecule has 298 valence electrons. The molecule has 0 spiro atoms. The summed E-state index contributed by atoms with van der Waals surface area (Å²) in [6, 6.07) is 0. The zero-order chi connectivity index (χ0) is 38.2. The highest BCUT2D eigenvalue weighted by Crippen LogP contribution is 2.16. The highest BCUT2D eigenvalue weighted by atomic mass is 16.6. The molecular formula is C46H78O6. The van der Waals surface area contributed by atoms with Crippen LogP contribution in [0.4, 0.5) is 0 Å². The van der Waals surface area contributed by atoms with Crippen molar-refractivity contribution in [1.29, 1.82) is 0 Å². The Bertz CT molecular complexity index is 991. The molecule has 52 heavy (non-hydrogen) atoms. The maximum atomic E-state index is 12.2. The maximum Gasteiger partial charge on any atom is 0.306 e. The van der Waals surface area contributed by atoms with Gasteiger partial charge in [0.15, 0.2) is 6.10 Å². The van der Waals surface area contributed by atoms with E-state index in [0.29, 0.717) is 6.42 Å². The molecule has 0 bridgehead atoms. The number of unbranched alkanes of at least 4 members (excludes halogenated alkanes) is 13. The van der Waals surface area contributed by atoms with Crippen LogP contribution in [0.3, 0.4) is 0 Å². The van der Waals surface area contributed by atoms with E-state index in [0.717, 1.165) is 57.3 Å². The Labute approximate surface area is 319 Å². The van der Waals surface area contributed by atoms with Crippen molar-refractivity contribution in [3.63, 3.8) is 0 Å². The summed E-state index contributed by atoms with van der Waals surface area (Å²) in [7, 11) is 0. The van der Waals surface area contributed by atoms with Crippen molar-refractivity contribution < 1.29 is 29.3 Å². The molecule has 0 amide bonds. The Kier molecular flexibility index (Phi) is 37.5. The summed E-state index contributed by atoms with van der Waals surface area (Å²) in [6.07, 6.45) is 48.6. The standard InChI is InChI=1S/C46H78O6/c1-4-6-7-8-9-10-11-12-13-14-18-21-24-27-30-33-36-43(48)38-39-46(50)52-44(40-47)41-51-45(49)37-34-31-28-25-22-19-16-15-17-20-23-26-29-32-35-42(3)5-2/h6-7,9-10,12-13,18,21,27,30,33,36,42-44,47-48H,4-5,8,11,14-17,19-20,22-26,28-29,31-32,34-35,37-41H2,1-3H3/b7-6-,10-9-,13-12-,21-18-,30-27-,36-33-/t42?,43?,44-/m0/s1. The third-order valence-corrected chi connectivity index (χ3v) is 9.17. The Morgan fingerprint density at radius 3 is 1.56 bits per heavy atom. The molecule has 0 aromatic rings. The fraction of sp³-hybridized carbons (Fsp3) is 0.696. The highest BCUT2D eigenvalue weighted by Gasteiger charge is 2.17. The molecule has 6 nitrogen and oxygen atoms in total. The van der Waals surface area contributed by atoms with Crippen molar-refractivity contribution in [2.45, 2.75) is 187 Å². The van der Waals surface area contributed by atoms with E-state index in [1.54, 1.807) is 12.2 Å². The zero-order valence-electron chi connectivity index (χ0n) is 33.6. The minimum absolute atomic E-state index is 0.000356. The number of rotatable bonds is 36. The third kappa shape index (κ3) is 37.1. The molecule has 3 atom stereocenters. The van der Waals surface area contributed by atoms with E-state index in [2.05, 4.69) is 69.4 Å². The van der Waals surface area contributed by atoms with Crippen LogP contribution in [0.15, 0.2) is 72.9 Å². The molecular weight excluding hydrogens is 648 g/mol. The second-order valence-electron chi connectivity index (χ2n) is 14.1. The summed E-state index contributed by atoms with van der Waals surface area (Å²) >= 11 is 0. The van der Waals surface area contributed by atoms with E-state index in [4.69, 9.17) is 9.47 Å². The van der Waals surface area contributed by atoms with Crippen molar-refractivity contribution in [3.8, 4) is 0 Å². The highest BCUT2D eigenvalue weighted by molar-refractivity contribution is 5.70. The van der Waals surface area contributed by atoms with E-state index in [9.17, 15) is 19.8 Å². The van der Waals surface area contributed by atoms with Crippen molar-refractivity contribution in [3.05, 3.63) is 72.9 Å². The normalized spacial score (nSPS) is 14.2. The van der Waals surface area contributed by atoms with Crippen molar-refractivity contribution in [1.82, 2.24) is 0 Å². The molecule has 0 saturated heterocycles. The number of carbonyl (C=O) groups excluding carboxylic acids is 2. The molecule has 0 aliphatic rings. The molecule has 0 heterocycles. The van der Waals surface area contributed by atoms with Crippen LogP contribution >= 0.6 is 0 Å². The predicted molar refractivity (Wildman–Crippen MR) is 220 cm³/mol. The number of esters is 2. The summed E-state index contributed by atoms with van der Waals surface area (Å²) in [4.78, 5) is 24.3. The second-order valence-corrected chi connectivity index (χ2v) is 14.1. The first-order chi connectivity index (χ1) is 25.4. The number of aliphatic hydroxyl groups excluding tert-OH is 2. The molecule has 0 aromatic heterocycles. The summed E-state index contributed by atoms with van der Waals surface area (Å²) in [5.41, 5.74) is 0. The van der Waals surface area contributed by atoms with Gasteiger partial charge in [-0.3, -0.25) is 9.59 Å². The van der Waals surface area contributed by atoms with Crippen LogP contribution in [0, 0.1) is 5.92 Å². The number of allylic oxidation sites excluding steroid dienone is 11. The minimum Gasteiger partial charge on any atom is -0.462 e. The number of ether oxygens (including phenoxy) is 2. The largest absolute Gasteiger partial charge is 0.462 e. The van der Waals surface area contributed by atoms with Crippen LogP contribution in [0.25, 0.3) is 0 Å². The third-order valence-electron chi connectivity index (χ3n) is 9.17. The summed E-state index contributed by atoms with van der Waals surface area (Å²) in [5.74, 6) is 0.0163. The maximum absolute atomic E-state index is 12.2. The van der Waals surface area contributed by atoms with Gasteiger partial charge < -0.3 is 19.7 Å². The van der Waals surface area contributed by atoms with Gasteiger partial charge in [0.1, 0.15) is 6.61 Å². The Morgan fingerprint density at radius 1 is 0.577 bits per heavy atom. The van der Waals surface area contributed by atoms with Crippen LogP contribution in [0.1, 0.15) is 175 Å². The minimum atomic E-state index is -0.898. The molecule has 6 heteroatoms. The van der Waals surface area contributed by atoms with Gasteiger partial charge in [0.05, 0.1) is 12.7 Å². The zero-order valence-corrected chi connectivity index (χ0v) is 33.6. The molecule has 0 saturated carbocycles. The molecule has 0 aromatic carbocycles. The topological polar surface area (TPSA) is 93.1 Å². The Morgan fingerprint density at radius 2 is 1.06 bits per heavy atom. The fourth-order valence-corrected chi connectivity index (χ4v) is 5.58. The lowest BCUT2D eigenvalue weighted by Gasteiger charge is -2.16. The van der Waals surface area contributed by atoms with Crippen LogP contribution < -0.4 is 0 Å².